The molecule has 20 atom stereocenters. The average molecular weight is 1200 g/mol. The Bertz CT molecular complexity index is 2200. The van der Waals surface area contributed by atoms with Gasteiger partial charge in [-0.3, -0.25) is 57.5 Å². The van der Waals surface area contributed by atoms with E-state index in [0.717, 1.165) is 6.92 Å². The fourth-order valence-corrected chi connectivity index (χ4v) is 6.69. The number of hydrogen-bond acceptors (Lipinski definition) is 28. The van der Waals surface area contributed by atoms with E-state index < -0.39 is 245 Å². The molecule has 0 heterocycles. The topological polar surface area (TPSA) is 706 Å². The van der Waals surface area contributed by atoms with Gasteiger partial charge in [0.1, 0.15) is 122 Å². The number of hydrogen-bond donors (Lipinski definition) is 28. The lowest BCUT2D eigenvalue weighted by Gasteiger charge is -2.33. The summed E-state index contributed by atoms with van der Waals surface area (Å²) in [6, 6.07) is -20.7. The fourth-order valence-electron chi connectivity index (χ4n) is 6.69. The molecule has 470 valence electrons. The Labute approximate surface area is 460 Å². The first-order valence-electron chi connectivity index (χ1n) is 23.9. The molecule has 0 saturated heterocycles. The lowest BCUT2D eigenvalue weighted by molar-refractivity contribution is -0.147. The number of aliphatic hydroxyl groups excluding tert-OH is 16. The Morgan fingerprint density at radius 1 is 0.317 bits per heavy atom. The van der Waals surface area contributed by atoms with Gasteiger partial charge in [0.2, 0.25) is 47.3 Å². The molecule has 0 bridgehead atoms. The van der Waals surface area contributed by atoms with E-state index in [4.69, 9.17) is 0 Å². The lowest BCUT2D eigenvalue weighted by atomic mass is 9.97. The first kappa shape index (κ1) is 75.0. The van der Waals surface area contributed by atoms with Crippen molar-refractivity contribution in [1.29, 1.82) is 0 Å². The summed E-state index contributed by atoms with van der Waals surface area (Å²) in [6.07, 6.45) is -36.4. The Hall–Kier alpha value is -7.00. The second kappa shape index (κ2) is 35.8. The summed E-state index contributed by atoms with van der Waals surface area (Å²) >= 11 is 0. The standard InChI is InChI=1S/C42H70N8O32/c1-3-19(59)47-23(31(70)27(66)15(55)7-51)39(78)44-12(4-20(60)61)36(75)49-25(33(72)29(68)17(57)9-53)41(80)46-14(6-22(64)65)37(76)50-26(34(73)30(69)18(58)10-54)40(79)45-13(5-21(62)63)35(74)48-24(32(71)28(67)16(56)8-52)38(77)43-11(2)42(81)82/h11-18,23-34,51-58,66-73H,3-10H2,1-2H3,(H,43,77)(H,44,78)(H,45,79)(H,46,80)(H,47,59)(H,48,74)(H,49,75)(H,50,76)(H,60,61)(H,62,63)(H,64,65)(H,81,82)/t11-,12-,13-,14-,15+,16+,17+,18+,23-,24-,25-,26-,27+,28+,29+,30+,31+,32+,33+,34+/m0/s1. The Morgan fingerprint density at radius 2 is 0.537 bits per heavy atom. The highest BCUT2D eigenvalue weighted by Gasteiger charge is 2.45. The maximum Gasteiger partial charge on any atom is 0.325 e. The van der Waals surface area contributed by atoms with Crippen molar-refractivity contribution in [3.8, 4) is 0 Å². The molecule has 0 aromatic rings. The second-order valence-corrected chi connectivity index (χ2v) is 17.8. The molecule has 8 amide bonds. The van der Waals surface area contributed by atoms with Gasteiger partial charge in [-0.1, -0.05) is 6.92 Å². The molecule has 0 aliphatic carbocycles. The normalized spacial score (nSPS) is 18.8. The second-order valence-electron chi connectivity index (χ2n) is 17.8. The quantitative estimate of drug-likeness (QED) is 0.0272. The highest BCUT2D eigenvalue weighted by Crippen LogP contribution is 2.14. The number of amides is 8. The van der Waals surface area contributed by atoms with Crippen LogP contribution in [-0.2, 0) is 57.5 Å². The molecule has 0 aliphatic heterocycles. The Morgan fingerprint density at radius 3 is 0.732 bits per heavy atom. The van der Waals surface area contributed by atoms with E-state index in [1.54, 1.807) is 37.2 Å². The van der Waals surface area contributed by atoms with Crippen molar-refractivity contribution in [3.63, 3.8) is 0 Å². The van der Waals surface area contributed by atoms with E-state index in [-0.39, 0.29) is 0 Å². The Kier molecular flexibility index (Phi) is 32.7. The van der Waals surface area contributed by atoms with Gasteiger partial charge in [-0.15, -0.1) is 0 Å². The minimum absolute atomic E-state index is 0.441. The summed E-state index contributed by atoms with van der Waals surface area (Å²) in [6.45, 7) is -3.39. The maximum absolute atomic E-state index is 14.0. The summed E-state index contributed by atoms with van der Waals surface area (Å²) in [4.78, 5) is 155. The molecule has 0 aromatic heterocycles. The molecule has 40 nitrogen and oxygen atoms in total. The van der Waals surface area contributed by atoms with Crippen LogP contribution in [0.2, 0.25) is 0 Å². The maximum atomic E-state index is 14.0. The largest absolute Gasteiger partial charge is 0.481 e. The van der Waals surface area contributed by atoms with Crippen molar-refractivity contribution in [2.45, 2.75) is 161 Å². The van der Waals surface area contributed by atoms with E-state index in [0.29, 0.717) is 0 Å². The zero-order valence-corrected chi connectivity index (χ0v) is 43.0. The number of aliphatic hydroxyl groups is 16. The smallest absolute Gasteiger partial charge is 0.325 e. The first-order valence-corrected chi connectivity index (χ1v) is 23.9. The number of carboxylic acids is 4. The van der Waals surface area contributed by atoms with E-state index in [9.17, 15) is 160 Å². The number of aliphatic carboxylic acids is 4. The zero-order chi connectivity index (χ0) is 63.8. The molecule has 0 unspecified atom stereocenters. The van der Waals surface area contributed by atoms with Gasteiger partial charge in [-0.25, -0.2) is 0 Å². The summed E-state index contributed by atoms with van der Waals surface area (Å²) in [5.41, 5.74) is 0. The van der Waals surface area contributed by atoms with Crippen molar-refractivity contribution in [2.75, 3.05) is 26.4 Å². The molecule has 0 spiro atoms. The van der Waals surface area contributed by atoms with Crippen molar-refractivity contribution in [1.82, 2.24) is 42.5 Å². The van der Waals surface area contributed by atoms with E-state index in [2.05, 4.69) is 0 Å². The summed E-state index contributed by atoms with van der Waals surface area (Å²) < 4.78 is 0. The predicted molar refractivity (Wildman–Crippen MR) is 256 cm³/mol. The molecule has 0 radical (unpaired) electrons. The minimum Gasteiger partial charge on any atom is -0.481 e. The van der Waals surface area contributed by atoms with Gasteiger partial charge in [-0.2, -0.15) is 0 Å². The van der Waals surface area contributed by atoms with Crippen molar-refractivity contribution in [3.05, 3.63) is 0 Å². The summed E-state index contributed by atoms with van der Waals surface area (Å²) in [5, 5.41) is 214. The third-order valence-corrected chi connectivity index (χ3v) is 11.5. The van der Waals surface area contributed by atoms with Crippen LogP contribution < -0.4 is 42.5 Å². The molecule has 28 N–H and O–H groups in total. The number of carbonyl (C=O) groups is 12. The number of nitrogens with one attached hydrogen (secondary N) is 8. The van der Waals surface area contributed by atoms with Crippen LogP contribution in [0.1, 0.15) is 39.5 Å². The van der Waals surface area contributed by atoms with Crippen LogP contribution in [0.15, 0.2) is 0 Å². The highest BCUT2D eigenvalue weighted by molar-refractivity contribution is 6.00. The number of rotatable bonds is 39. The van der Waals surface area contributed by atoms with Crippen LogP contribution >= 0.6 is 0 Å². The third kappa shape index (κ3) is 23.5. The van der Waals surface area contributed by atoms with E-state index >= 15 is 0 Å². The monoisotopic (exact) mass is 1200 g/mol. The molecular weight excluding hydrogens is 1130 g/mol. The van der Waals surface area contributed by atoms with Gasteiger partial charge in [0.25, 0.3) is 0 Å². The van der Waals surface area contributed by atoms with Crippen LogP contribution in [0.3, 0.4) is 0 Å². The average Bonchev–Trinajstić information content (AvgIpc) is 3.49. The van der Waals surface area contributed by atoms with Crippen LogP contribution in [0.5, 0.6) is 0 Å². The fraction of sp³-hybridized carbons (Fsp3) is 0.714. The molecular formula is C42H70N8O32. The molecule has 40 heteroatoms. The van der Waals surface area contributed by atoms with Crippen molar-refractivity contribution in [2.24, 2.45) is 0 Å². The third-order valence-electron chi connectivity index (χ3n) is 11.5. The lowest BCUT2D eigenvalue weighted by Crippen LogP contribution is -2.66. The van der Waals surface area contributed by atoms with Gasteiger partial charge in [-0.05, 0) is 6.92 Å². The SMILES string of the molecule is CCC(=O)N[C@H](C(=O)N[C@@H](CC(=O)O)C(=O)N[C@H](C(=O)N[C@@H](CC(=O)O)C(=O)N[C@H](C(=O)N[C@@H](CC(=O)O)C(=O)N[C@H](C(=O)N[C@@H](C)C(=O)O)[C@@H](O)[C@H](O)[C@H](O)CO)[C@@H](O)[C@H](O)[C@H](O)CO)[C@@H](O)[C@H](O)[C@H](O)CO)[C@@H](O)[C@H](O)[C@H](O)CO. The minimum atomic E-state index is -2.99. The van der Waals surface area contributed by atoms with Gasteiger partial charge >= 0.3 is 23.9 Å². The molecule has 0 aliphatic rings. The summed E-state index contributed by atoms with van der Waals surface area (Å²) in [5.74, 6) is -22.3. The van der Waals surface area contributed by atoms with Crippen molar-refractivity contribution < 1.29 is 160 Å². The summed E-state index contributed by atoms with van der Waals surface area (Å²) in [7, 11) is 0. The van der Waals surface area contributed by atoms with E-state index in [1.165, 1.54) is 6.92 Å². The molecule has 0 rings (SSSR count). The number of carbonyl (C=O) groups excluding carboxylic acids is 8. The van der Waals surface area contributed by atoms with Crippen LogP contribution in [0, 0.1) is 0 Å². The van der Waals surface area contributed by atoms with Gasteiger partial charge < -0.3 is 145 Å². The van der Waals surface area contributed by atoms with Gasteiger partial charge in [0, 0.05) is 6.42 Å². The molecule has 0 saturated carbocycles. The Balaban J connectivity index is 7.63. The first-order chi connectivity index (χ1) is 38.0. The molecule has 82 heavy (non-hydrogen) atoms. The van der Waals surface area contributed by atoms with Crippen LogP contribution in [0.4, 0.5) is 0 Å². The highest BCUT2D eigenvalue weighted by atomic mass is 16.4. The van der Waals surface area contributed by atoms with Crippen molar-refractivity contribution >= 4 is 71.1 Å². The van der Waals surface area contributed by atoms with E-state index in [1.807, 2.05) is 5.32 Å². The van der Waals surface area contributed by atoms with Gasteiger partial charge in [0.05, 0.1) is 45.7 Å². The number of carboxylic acid groups (broad SMARTS) is 4. The molecule has 0 fully saturated rings. The van der Waals surface area contributed by atoms with Crippen LogP contribution in [0.25, 0.3) is 0 Å². The predicted octanol–water partition coefficient (Wildman–Crippen LogP) is -16.9. The zero-order valence-electron chi connectivity index (χ0n) is 43.0. The van der Waals surface area contributed by atoms with Crippen LogP contribution in [-0.4, -0.2) is 321 Å². The van der Waals surface area contributed by atoms with Gasteiger partial charge in [0.15, 0.2) is 0 Å². The molecule has 0 aromatic carbocycles.